The third kappa shape index (κ3) is 5.47. The van der Waals surface area contributed by atoms with Gasteiger partial charge in [0, 0.05) is 12.0 Å². The number of hydrogen-bond donors (Lipinski definition) is 1. The predicted octanol–water partition coefficient (Wildman–Crippen LogP) is 5.22. The number of benzene rings is 2. The molecule has 2 aromatic carbocycles. The Hall–Kier alpha value is -3.07. The minimum atomic E-state index is -4.80. The highest BCUT2D eigenvalue weighted by Gasteiger charge is 2.31. The van der Waals surface area contributed by atoms with E-state index in [0.717, 1.165) is 6.07 Å². The van der Waals surface area contributed by atoms with E-state index in [1.165, 1.54) is 30.3 Å². The number of rotatable bonds is 7. The van der Waals surface area contributed by atoms with Crippen molar-refractivity contribution in [2.24, 2.45) is 0 Å². The van der Waals surface area contributed by atoms with E-state index in [2.05, 4.69) is 14.9 Å². The number of nitrogens with one attached hydrogen (secondary N) is 1. The van der Waals surface area contributed by atoms with Crippen LogP contribution in [0.3, 0.4) is 0 Å². The van der Waals surface area contributed by atoms with Crippen LogP contribution in [0.1, 0.15) is 17.4 Å². The zero-order chi connectivity index (χ0) is 21.0. The van der Waals surface area contributed by atoms with Crippen molar-refractivity contribution in [1.82, 2.24) is 10.2 Å². The lowest BCUT2D eigenvalue weighted by molar-refractivity contribution is -0.274. The molecule has 0 bridgehead atoms. The van der Waals surface area contributed by atoms with Crippen LogP contribution in [0.15, 0.2) is 48.5 Å². The summed E-state index contributed by atoms with van der Waals surface area (Å²) in [6.07, 6.45) is -5.44. The number of halogens is 5. The van der Waals surface area contributed by atoms with Gasteiger partial charge in [0.15, 0.2) is 0 Å². The van der Waals surface area contributed by atoms with E-state index in [1.807, 2.05) is 0 Å². The van der Waals surface area contributed by atoms with E-state index >= 15 is 0 Å². The summed E-state index contributed by atoms with van der Waals surface area (Å²) in [6.45, 7) is 0.257. The van der Waals surface area contributed by atoms with Crippen molar-refractivity contribution in [3.63, 3.8) is 0 Å². The molecule has 0 spiro atoms. The van der Waals surface area contributed by atoms with Gasteiger partial charge in [0.2, 0.25) is 0 Å². The number of carbonyl (C=O) groups is 1. The lowest BCUT2D eigenvalue weighted by Gasteiger charge is -2.14. The largest absolute Gasteiger partial charge is 0.573 e. The first-order chi connectivity index (χ1) is 13.7. The average molecular weight is 429 g/mol. The summed E-state index contributed by atoms with van der Waals surface area (Å²) >= 11 is 5.77. The first kappa shape index (κ1) is 20.7. The Morgan fingerprint density at radius 3 is 2.66 bits per heavy atom. The van der Waals surface area contributed by atoms with Crippen molar-refractivity contribution in [1.29, 1.82) is 0 Å². The van der Waals surface area contributed by atoms with E-state index in [0.29, 0.717) is 22.5 Å². The molecule has 1 aromatic heterocycles. The maximum absolute atomic E-state index is 13.4. The van der Waals surface area contributed by atoms with Gasteiger partial charge in [-0.05, 0) is 35.9 Å². The van der Waals surface area contributed by atoms with E-state index < -0.39 is 18.3 Å². The van der Waals surface area contributed by atoms with Gasteiger partial charge in [0.25, 0.3) is 6.47 Å². The fourth-order valence-electron chi connectivity index (χ4n) is 2.69. The summed E-state index contributed by atoms with van der Waals surface area (Å²) in [5.41, 5.74) is 1.79. The molecule has 0 fully saturated rings. The molecule has 3 aromatic rings. The number of nitrogens with zero attached hydrogens (tertiary/aromatic N) is 1. The second kappa shape index (κ2) is 8.52. The molecule has 3 rings (SSSR count). The van der Waals surface area contributed by atoms with Gasteiger partial charge in [-0.1, -0.05) is 29.8 Å². The number of hydrogen-bond acceptors (Lipinski definition) is 4. The topological polar surface area (TPSA) is 64.2 Å². The van der Waals surface area contributed by atoms with Crippen molar-refractivity contribution in [2.75, 3.05) is 0 Å². The van der Waals surface area contributed by atoms with Gasteiger partial charge >= 0.3 is 6.36 Å². The molecule has 0 aliphatic heterocycles. The van der Waals surface area contributed by atoms with Crippen molar-refractivity contribution < 1.29 is 31.8 Å². The van der Waals surface area contributed by atoms with Crippen molar-refractivity contribution in [3.8, 4) is 17.0 Å². The first-order valence-corrected chi connectivity index (χ1v) is 8.57. The van der Waals surface area contributed by atoms with E-state index in [1.54, 1.807) is 12.1 Å². The van der Waals surface area contributed by atoms with E-state index in [4.69, 9.17) is 16.3 Å². The molecule has 0 aliphatic carbocycles. The lowest BCUT2D eigenvalue weighted by atomic mass is 10.0. The minimum Gasteiger partial charge on any atom is -0.459 e. The summed E-state index contributed by atoms with van der Waals surface area (Å²) in [4.78, 5) is 10.8. The molecule has 0 aliphatic rings. The minimum absolute atomic E-state index is 0.119. The molecule has 5 nitrogen and oxygen atoms in total. The number of aromatic amines is 1. The molecule has 0 saturated carbocycles. The summed E-state index contributed by atoms with van der Waals surface area (Å²) in [7, 11) is 0. The number of ether oxygens (including phenoxy) is 2. The number of carbonyl (C=O) groups excluding carboxylic acids is 1. The van der Waals surface area contributed by atoms with Crippen LogP contribution in [-0.2, 0) is 16.0 Å². The maximum atomic E-state index is 13.4. The first-order valence-electron chi connectivity index (χ1n) is 8.19. The van der Waals surface area contributed by atoms with Crippen LogP contribution >= 0.6 is 11.6 Å². The van der Waals surface area contributed by atoms with Gasteiger partial charge in [-0.2, -0.15) is 5.10 Å². The van der Waals surface area contributed by atoms with Crippen LogP contribution in [-0.4, -0.2) is 23.0 Å². The summed E-state index contributed by atoms with van der Waals surface area (Å²) in [6, 6.07) is 10.9. The SMILES string of the molecule is O=COC(Cc1cc(-c2cccc(OC(F)(F)F)c2)[nH]n1)c1ccc(F)c(Cl)c1. The molecule has 0 amide bonds. The van der Waals surface area contributed by atoms with Crippen LogP contribution < -0.4 is 4.74 Å². The van der Waals surface area contributed by atoms with Crippen LogP contribution in [0.4, 0.5) is 17.6 Å². The Kier molecular flexibility index (Phi) is 6.07. The third-order valence-corrected chi connectivity index (χ3v) is 4.23. The molecule has 29 heavy (non-hydrogen) atoms. The van der Waals surface area contributed by atoms with Crippen LogP contribution in [0, 0.1) is 5.82 Å². The summed E-state index contributed by atoms with van der Waals surface area (Å²) in [5, 5.41) is 6.69. The Morgan fingerprint density at radius 1 is 1.17 bits per heavy atom. The van der Waals surface area contributed by atoms with E-state index in [9.17, 15) is 22.4 Å². The number of H-pyrrole nitrogens is 1. The summed E-state index contributed by atoms with van der Waals surface area (Å²) < 4.78 is 59.5. The molecule has 1 unspecified atom stereocenters. The van der Waals surface area contributed by atoms with Gasteiger partial charge in [0.1, 0.15) is 17.7 Å². The Morgan fingerprint density at radius 2 is 1.97 bits per heavy atom. The number of alkyl halides is 3. The second-order valence-electron chi connectivity index (χ2n) is 5.95. The van der Waals surface area contributed by atoms with Gasteiger partial charge in [0.05, 0.1) is 16.4 Å². The molecular weight excluding hydrogens is 416 g/mol. The van der Waals surface area contributed by atoms with Gasteiger partial charge in [-0.3, -0.25) is 9.89 Å². The van der Waals surface area contributed by atoms with Gasteiger partial charge < -0.3 is 9.47 Å². The lowest BCUT2D eigenvalue weighted by Crippen LogP contribution is -2.17. The molecule has 1 atom stereocenters. The molecule has 10 heteroatoms. The molecule has 0 saturated heterocycles. The third-order valence-electron chi connectivity index (χ3n) is 3.94. The van der Waals surface area contributed by atoms with Crippen molar-refractivity contribution in [2.45, 2.75) is 18.9 Å². The quantitative estimate of drug-likeness (QED) is 0.413. The Balaban J connectivity index is 1.80. The van der Waals surface area contributed by atoms with E-state index in [-0.39, 0.29) is 23.7 Å². The van der Waals surface area contributed by atoms with Crippen molar-refractivity contribution in [3.05, 3.63) is 70.6 Å². The zero-order valence-corrected chi connectivity index (χ0v) is 15.3. The van der Waals surface area contributed by atoms with Gasteiger partial charge in [-0.25, -0.2) is 4.39 Å². The fourth-order valence-corrected chi connectivity index (χ4v) is 2.88. The van der Waals surface area contributed by atoms with Crippen LogP contribution in [0.25, 0.3) is 11.3 Å². The zero-order valence-electron chi connectivity index (χ0n) is 14.5. The monoisotopic (exact) mass is 428 g/mol. The highest BCUT2D eigenvalue weighted by atomic mass is 35.5. The molecule has 0 radical (unpaired) electrons. The fraction of sp³-hybridized carbons (Fsp3) is 0.158. The smallest absolute Gasteiger partial charge is 0.459 e. The standard InChI is InChI=1S/C19H13ClF4N2O3/c20-15-7-12(4-5-16(15)21)18(28-10-27)9-13-8-17(26-25-13)11-2-1-3-14(6-11)29-19(22,23)24/h1-8,10,18H,9H2,(H,25,26). The van der Waals surface area contributed by atoms with Crippen LogP contribution in [0.5, 0.6) is 5.75 Å². The second-order valence-corrected chi connectivity index (χ2v) is 6.35. The number of aromatic nitrogens is 2. The molecule has 1 heterocycles. The van der Waals surface area contributed by atoms with Gasteiger partial charge in [-0.15, -0.1) is 13.2 Å². The molecular formula is C19H13ClF4N2O3. The van der Waals surface area contributed by atoms with Crippen molar-refractivity contribution >= 4 is 18.1 Å². The summed E-state index contributed by atoms with van der Waals surface area (Å²) in [5.74, 6) is -0.974. The molecule has 152 valence electrons. The predicted molar refractivity (Wildman–Crippen MR) is 95.7 cm³/mol. The van der Waals surface area contributed by atoms with Crippen LogP contribution in [0.2, 0.25) is 5.02 Å². The highest BCUT2D eigenvalue weighted by molar-refractivity contribution is 6.30. The Bertz CT molecular complexity index is 1010. The highest BCUT2D eigenvalue weighted by Crippen LogP contribution is 2.29. The average Bonchev–Trinajstić information content (AvgIpc) is 3.11. The molecule has 1 N–H and O–H groups in total. The maximum Gasteiger partial charge on any atom is 0.573 e. The Labute approximate surface area is 167 Å². The normalized spacial score (nSPS) is 12.4.